The minimum absolute atomic E-state index is 0.130. The number of fused-ring (bicyclic) bond motifs is 1. The molecule has 0 heterocycles. The van der Waals surface area contributed by atoms with Gasteiger partial charge in [0.2, 0.25) is 0 Å². The Morgan fingerprint density at radius 2 is 1.53 bits per heavy atom. The van der Waals surface area contributed by atoms with Gasteiger partial charge in [0.05, 0.1) is 17.7 Å². The summed E-state index contributed by atoms with van der Waals surface area (Å²) in [6, 6.07) is 24.2. The molecule has 4 rings (SSSR count). The van der Waals surface area contributed by atoms with Crippen molar-refractivity contribution in [3.8, 4) is 17.2 Å². The molecule has 0 amide bonds. The average molecular weight is 440 g/mol. The zero-order valence-corrected chi connectivity index (χ0v) is 17.6. The van der Waals surface area contributed by atoms with E-state index in [4.69, 9.17) is 21.1 Å². The summed E-state index contributed by atoms with van der Waals surface area (Å²) in [5, 5.41) is 2.05. The largest absolute Gasteiger partial charge is 0.497 e. The van der Waals surface area contributed by atoms with Crippen molar-refractivity contribution >= 4 is 38.1 Å². The first-order valence-corrected chi connectivity index (χ1v) is 10.9. The summed E-state index contributed by atoms with van der Waals surface area (Å²) in [7, 11) is -2.28. The fourth-order valence-electron chi connectivity index (χ4n) is 2.99. The van der Waals surface area contributed by atoms with Gasteiger partial charge in [-0.15, -0.1) is 0 Å². The van der Waals surface area contributed by atoms with Gasteiger partial charge in [0, 0.05) is 5.02 Å². The molecule has 0 atom stereocenters. The molecule has 4 aromatic carbocycles. The first-order valence-electron chi connectivity index (χ1n) is 9.08. The molecule has 0 radical (unpaired) electrons. The molecule has 0 unspecified atom stereocenters. The molecular weight excluding hydrogens is 422 g/mol. The molecule has 5 nitrogen and oxygen atoms in total. The smallest absolute Gasteiger partial charge is 0.262 e. The minimum Gasteiger partial charge on any atom is -0.497 e. The highest BCUT2D eigenvalue weighted by Gasteiger charge is 2.18. The molecule has 0 saturated heterocycles. The van der Waals surface area contributed by atoms with Crippen LogP contribution in [0.4, 0.5) is 5.69 Å². The lowest BCUT2D eigenvalue weighted by Gasteiger charge is -2.14. The monoisotopic (exact) mass is 439 g/mol. The summed E-state index contributed by atoms with van der Waals surface area (Å²) in [6.45, 7) is 0. The molecule has 7 heteroatoms. The van der Waals surface area contributed by atoms with Crippen LogP contribution >= 0.6 is 11.6 Å². The lowest BCUT2D eigenvalue weighted by Crippen LogP contribution is -2.13. The van der Waals surface area contributed by atoms with Crippen LogP contribution in [0.3, 0.4) is 0 Å². The van der Waals surface area contributed by atoms with Gasteiger partial charge in [0.25, 0.3) is 10.0 Å². The average Bonchev–Trinajstić information content (AvgIpc) is 2.75. The van der Waals surface area contributed by atoms with E-state index >= 15 is 0 Å². The fraction of sp³-hybridized carbons (Fsp3) is 0.0435. The van der Waals surface area contributed by atoms with Gasteiger partial charge in [-0.3, -0.25) is 4.72 Å². The Bertz CT molecular complexity index is 1310. The summed E-state index contributed by atoms with van der Waals surface area (Å²) in [6.07, 6.45) is 0. The molecule has 0 aromatic heterocycles. The number of methoxy groups -OCH3 is 1. The van der Waals surface area contributed by atoms with Crippen molar-refractivity contribution in [1.82, 2.24) is 0 Å². The second kappa shape index (κ2) is 8.26. The van der Waals surface area contributed by atoms with E-state index in [0.29, 0.717) is 22.3 Å². The molecule has 0 spiro atoms. The number of ether oxygens (including phenoxy) is 2. The number of para-hydroxylation sites is 1. The van der Waals surface area contributed by atoms with Gasteiger partial charge in [0.1, 0.15) is 11.5 Å². The van der Waals surface area contributed by atoms with Crippen molar-refractivity contribution < 1.29 is 17.9 Å². The van der Waals surface area contributed by atoms with Crippen LogP contribution in [0.1, 0.15) is 0 Å². The maximum atomic E-state index is 13.0. The van der Waals surface area contributed by atoms with E-state index in [1.54, 1.807) is 55.6 Å². The highest BCUT2D eigenvalue weighted by atomic mass is 35.5. The third-order valence-corrected chi connectivity index (χ3v) is 6.08. The van der Waals surface area contributed by atoms with Crippen molar-refractivity contribution in [3.63, 3.8) is 0 Å². The van der Waals surface area contributed by atoms with Crippen LogP contribution < -0.4 is 14.2 Å². The number of anilines is 1. The quantitative estimate of drug-likeness (QED) is 0.394. The van der Waals surface area contributed by atoms with Gasteiger partial charge < -0.3 is 9.47 Å². The first-order chi connectivity index (χ1) is 14.4. The van der Waals surface area contributed by atoms with Crippen LogP contribution in [0.25, 0.3) is 10.8 Å². The molecule has 1 N–H and O–H groups in total. The number of benzene rings is 4. The summed E-state index contributed by atoms with van der Waals surface area (Å²) < 4.78 is 39.7. The van der Waals surface area contributed by atoms with E-state index in [1.807, 2.05) is 30.3 Å². The zero-order chi connectivity index (χ0) is 21.1. The van der Waals surface area contributed by atoms with Crippen LogP contribution in [0.15, 0.2) is 89.8 Å². The highest BCUT2D eigenvalue weighted by molar-refractivity contribution is 7.92. The third kappa shape index (κ3) is 4.35. The second-order valence-electron chi connectivity index (χ2n) is 6.54. The molecule has 30 heavy (non-hydrogen) atoms. The highest BCUT2D eigenvalue weighted by Crippen LogP contribution is 2.34. The van der Waals surface area contributed by atoms with Crippen LogP contribution in [0.2, 0.25) is 5.02 Å². The van der Waals surface area contributed by atoms with E-state index in [9.17, 15) is 8.42 Å². The molecule has 0 aliphatic carbocycles. The Morgan fingerprint density at radius 3 is 2.30 bits per heavy atom. The van der Waals surface area contributed by atoms with Gasteiger partial charge in [0.15, 0.2) is 5.75 Å². The number of hydrogen-bond donors (Lipinski definition) is 1. The van der Waals surface area contributed by atoms with Gasteiger partial charge in [-0.2, -0.15) is 0 Å². The number of halogens is 1. The predicted molar refractivity (Wildman–Crippen MR) is 119 cm³/mol. The standard InChI is InChI=1S/C23H18ClNO4S/c1-28-20-10-7-17-14-21(11-8-16(17)13-20)30(26,27)25-22-15-18(24)9-12-23(22)29-19-5-3-2-4-6-19/h2-15,25H,1H3. The lowest BCUT2D eigenvalue weighted by molar-refractivity contribution is 0.415. The van der Waals surface area contributed by atoms with E-state index in [2.05, 4.69) is 4.72 Å². The molecule has 152 valence electrons. The predicted octanol–water partition coefficient (Wildman–Crippen LogP) is 6.09. The second-order valence-corrected chi connectivity index (χ2v) is 8.65. The lowest BCUT2D eigenvalue weighted by atomic mass is 10.1. The Morgan fingerprint density at radius 1 is 0.800 bits per heavy atom. The van der Waals surface area contributed by atoms with Gasteiger partial charge in [-0.05, 0) is 65.4 Å². The van der Waals surface area contributed by atoms with Gasteiger partial charge in [-0.25, -0.2) is 8.42 Å². The Hall–Kier alpha value is -3.22. The number of hydrogen-bond acceptors (Lipinski definition) is 4. The Balaban J connectivity index is 1.68. The number of nitrogens with one attached hydrogen (secondary N) is 1. The zero-order valence-electron chi connectivity index (χ0n) is 16.0. The van der Waals surface area contributed by atoms with Crippen molar-refractivity contribution in [3.05, 3.63) is 90.0 Å². The molecule has 0 aliphatic rings. The SMILES string of the molecule is COc1ccc2cc(S(=O)(=O)Nc3cc(Cl)ccc3Oc3ccccc3)ccc2c1. The van der Waals surface area contributed by atoms with Crippen molar-refractivity contribution in [2.75, 3.05) is 11.8 Å². The maximum absolute atomic E-state index is 13.0. The van der Waals surface area contributed by atoms with E-state index in [0.717, 1.165) is 10.8 Å². The van der Waals surface area contributed by atoms with Crippen molar-refractivity contribution in [2.45, 2.75) is 4.90 Å². The minimum atomic E-state index is -3.87. The number of sulfonamides is 1. The summed E-state index contributed by atoms with van der Waals surface area (Å²) in [4.78, 5) is 0.130. The van der Waals surface area contributed by atoms with Crippen LogP contribution in [-0.4, -0.2) is 15.5 Å². The van der Waals surface area contributed by atoms with Crippen molar-refractivity contribution in [2.24, 2.45) is 0 Å². The molecular formula is C23H18ClNO4S. The van der Waals surface area contributed by atoms with E-state index < -0.39 is 10.0 Å². The normalized spacial score (nSPS) is 11.3. The summed E-state index contributed by atoms with van der Waals surface area (Å²) >= 11 is 6.10. The first kappa shape index (κ1) is 20.1. The van der Waals surface area contributed by atoms with Crippen LogP contribution in [0.5, 0.6) is 17.2 Å². The Kier molecular flexibility index (Phi) is 5.53. The fourth-order valence-corrected chi connectivity index (χ4v) is 4.25. The number of rotatable bonds is 6. The van der Waals surface area contributed by atoms with Crippen LogP contribution in [-0.2, 0) is 10.0 Å². The van der Waals surface area contributed by atoms with E-state index in [-0.39, 0.29) is 10.6 Å². The Labute approximate surface area is 179 Å². The molecule has 0 aliphatic heterocycles. The van der Waals surface area contributed by atoms with E-state index in [1.165, 1.54) is 6.07 Å². The van der Waals surface area contributed by atoms with Crippen LogP contribution in [0, 0.1) is 0 Å². The maximum Gasteiger partial charge on any atom is 0.262 e. The topological polar surface area (TPSA) is 64.6 Å². The third-order valence-electron chi connectivity index (χ3n) is 4.49. The molecule has 0 bridgehead atoms. The summed E-state index contributed by atoms with van der Waals surface area (Å²) in [5.74, 6) is 1.64. The molecule has 0 fully saturated rings. The van der Waals surface area contributed by atoms with Gasteiger partial charge >= 0.3 is 0 Å². The van der Waals surface area contributed by atoms with Crippen molar-refractivity contribution in [1.29, 1.82) is 0 Å². The van der Waals surface area contributed by atoms with Gasteiger partial charge in [-0.1, -0.05) is 41.9 Å². The molecule has 0 saturated carbocycles. The summed E-state index contributed by atoms with van der Waals surface area (Å²) in [5.41, 5.74) is 0.251. The molecule has 4 aromatic rings.